The van der Waals surface area contributed by atoms with E-state index in [2.05, 4.69) is 19.7 Å². The summed E-state index contributed by atoms with van der Waals surface area (Å²) in [5.74, 6) is 0.158. The van der Waals surface area contributed by atoms with Gasteiger partial charge in [-0.3, -0.25) is 4.72 Å². The zero-order valence-corrected chi connectivity index (χ0v) is 14.9. The van der Waals surface area contributed by atoms with Crippen LogP contribution in [0.15, 0.2) is 28.6 Å². The maximum Gasteiger partial charge on any atom is 0.337 e. The van der Waals surface area contributed by atoms with Gasteiger partial charge in [-0.1, -0.05) is 42.2 Å². The Kier molecular flexibility index (Phi) is 5.97. The maximum absolute atomic E-state index is 12.1. The van der Waals surface area contributed by atoms with Crippen molar-refractivity contribution in [1.29, 1.82) is 0 Å². The van der Waals surface area contributed by atoms with E-state index in [0.717, 1.165) is 5.75 Å². The molecule has 1 N–H and O–H groups in total. The van der Waals surface area contributed by atoms with Crippen LogP contribution in [0.5, 0.6) is 0 Å². The number of nitrogens with one attached hydrogen (secondary N) is 1. The molecule has 1 aromatic heterocycles. The van der Waals surface area contributed by atoms with Gasteiger partial charge in [0.25, 0.3) is 0 Å². The molecule has 7 nitrogen and oxygen atoms in total. The van der Waals surface area contributed by atoms with E-state index in [1.807, 2.05) is 6.92 Å². The molecule has 0 aliphatic rings. The van der Waals surface area contributed by atoms with Crippen LogP contribution in [0.4, 0.5) is 5.13 Å². The molecular formula is C13H15N3O4S3. The zero-order chi connectivity index (χ0) is 16.9. The van der Waals surface area contributed by atoms with Crippen molar-refractivity contribution in [3.8, 4) is 0 Å². The van der Waals surface area contributed by atoms with Gasteiger partial charge >= 0.3 is 5.97 Å². The lowest BCUT2D eigenvalue weighted by Crippen LogP contribution is -2.15. The van der Waals surface area contributed by atoms with Gasteiger partial charge in [0, 0.05) is 0 Å². The molecule has 0 amide bonds. The molecule has 0 aliphatic heterocycles. The van der Waals surface area contributed by atoms with E-state index < -0.39 is 16.0 Å². The fourth-order valence-electron chi connectivity index (χ4n) is 1.68. The van der Waals surface area contributed by atoms with Crippen molar-refractivity contribution in [2.75, 3.05) is 17.6 Å². The predicted molar refractivity (Wildman–Crippen MR) is 90.3 cm³/mol. The summed E-state index contributed by atoms with van der Waals surface area (Å²) in [6.45, 7) is 1.98. The van der Waals surface area contributed by atoms with E-state index >= 15 is 0 Å². The number of esters is 1. The fourth-order valence-corrected chi connectivity index (χ4v) is 4.73. The van der Waals surface area contributed by atoms with Crippen LogP contribution < -0.4 is 4.72 Å². The van der Waals surface area contributed by atoms with E-state index in [1.54, 1.807) is 12.1 Å². The molecule has 2 aromatic rings. The van der Waals surface area contributed by atoms with Crippen molar-refractivity contribution in [3.63, 3.8) is 0 Å². The lowest BCUT2D eigenvalue weighted by atomic mass is 10.1. The van der Waals surface area contributed by atoms with Crippen LogP contribution in [0.1, 0.15) is 22.8 Å². The predicted octanol–water partition coefficient (Wildman–Crippen LogP) is 2.38. The Morgan fingerprint density at radius 1 is 1.30 bits per heavy atom. The van der Waals surface area contributed by atoms with Gasteiger partial charge in [0.05, 0.1) is 18.4 Å². The van der Waals surface area contributed by atoms with Crippen molar-refractivity contribution >= 4 is 44.2 Å². The van der Waals surface area contributed by atoms with Gasteiger partial charge in [-0.2, -0.15) is 0 Å². The normalized spacial score (nSPS) is 11.2. The standard InChI is InChI=1S/C13H15N3O4S3/c1-3-21-13-15-14-12(22-13)16-23(18,19)8-9-4-6-10(7-5-9)11(17)20-2/h4-7H,3,8H2,1-2H3,(H,14,16). The molecule has 0 unspecified atom stereocenters. The minimum Gasteiger partial charge on any atom is -0.465 e. The lowest BCUT2D eigenvalue weighted by molar-refractivity contribution is 0.0600. The maximum atomic E-state index is 12.1. The van der Waals surface area contributed by atoms with E-state index in [0.29, 0.717) is 15.5 Å². The van der Waals surface area contributed by atoms with E-state index in [9.17, 15) is 13.2 Å². The zero-order valence-electron chi connectivity index (χ0n) is 12.5. The highest BCUT2D eigenvalue weighted by Crippen LogP contribution is 2.26. The summed E-state index contributed by atoms with van der Waals surface area (Å²) in [4.78, 5) is 11.3. The topological polar surface area (TPSA) is 98.3 Å². The largest absolute Gasteiger partial charge is 0.465 e. The Morgan fingerprint density at radius 2 is 2.00 bits per heavy atom. The molecule has 0 aliphatic carbocycles. The molecule has 0 atom stereocenters. The number of carbonyl (C=O) groups excluding carboxylic acids is 1. The van der Waals surface area contributed by atoms with Gasteiger partial charge in [0.2, 0.25) is 15.2 Å². The number of ether oxygens (including phenoxy) is 1. The first-order valence-electron chi connectivity index (χ1n) is 6.57. The molecule has 0 bridgehead atoms. The quantitative estimate of drug-likeness (QED) is 0.587. The number of hydrogen-bond donors (Lipinski definition) is 1. The van der Waals surface area contributed by atoms with Crippen molar-refractivity contribution in [3.05, 3.63) is 35.4 Å². The van der Waals surface area contributed by atoms with Crippen molar-refractivity contribution in [2.24, 2.45) is 0 Å². The number of aromatic nitrogens is 2. The summed E-state index contributed by atoms with van der Waals surface area (Å²) >= 11 is 2.69. The van der Waals surface area contributed by atoms with Crippen molar-refractivity contribution in [2.45, 2.75) is 17.0 Å². The second kappa shape index (κ2) is 7.75. The Bertz CT molecular complexity index is 772. The first-order chi connectivity index (χ1) is 10.9. The van der Waals surface area contributed by atoms with Crippen LogP contribution in [-0.2, 0) is 20.5 Å². The number of carbonyl (C=O) groups is 1. The third kappa shape index (κ3) is 5.19. The summed E-state index contributed by atoms with van der Waals surface area (Å²) in [6.07, 6.45) is 0. The molecule has 0 spiro atoms. The molecule has 1 aromatic carbocycles. The molecule has 0 saturated carbocycles. The Hall–Kier alpha value is -1.65. The lowest BCUT2D eigenvalue weighted by Gasteiger charge is -2.05. The first kappa shape index (κ1) is 17.7. The number of anilines is 1. The second-order valence-electron chi connectivity index (χ2n) is 4.36. The number of rotatable bonds is 7. The summed E-state index contributed by atoms with van der Waals surface area (Å²) in [7, 11) is -2.31. The summed E-state index contributed by atoms with van der Waals surface area (Å²) in [5.41, 5.74) is 0.921. The number of nitrogens with zero attached hydrogens (tertiary/aromatic N) is 2. The fraction of sp³-hybridized carbons (Fsp3) is 0.308. The highest BCUT2D eigenvalue weighted by Gasteiger charge is 2.15. The summed E-state index contributed by atoms with van der Waals surface area (Å²) < 4.78 is 32.0. The van der Waals surface area contributed by atoms with Gasteiger partial charge in [-0.15, -0.1) is 10.2 Å². The van der Waals surface area contributed by atoms with Gasteiger partial charge < -0.3 is 4.74 Å². The van der Waals surface area contributed by atoms with E-state index in [1.165, 1.54) is 42.3 Å². The average molecular weight is 373 g/mol. The Labute approximate surface area is 142 Å². The van der Waals surface area contributed by atoms with E-state index in [4.69, 9.17) is 0 Å². The molecule has 124 valence electrons. The molecule has 10 heteroatoms. The summed E-state index contributed by atoms with van der Waals surface area (Å²) in [6, 6.07) is 6.20. The SMILES string of the molecule is CCSc1nnc(NS(=O)(=O)Cc2ccc(C(=O)OC)cc2)s1. The Balaban J connectivity index is 2.03. The van der Waals surface area contributed by atoms with Gasteiger partial charge in [0.1, 0.15) is 0 Å². The average Bonchev–Trinajstić information content (AvgIpc) is 2.93. The van der Waals surface area contributed by atoms with Gasteiger partial charge in [0.15, 0.2) is 4.34 Å². The number of benzene rings is 1. The van der Waals surface area contributed by atoms with Crippen molar-refractivity contribution < 1.29 is 17.9 Å². The van der Waals surface area contributed by atoms with E-state index in [-0.39, 0.29) is 10.9 Å². The molecule has 0 fully saturated rings. The van der Waals surface area contributed by atoms with Gasteiger partial charge in [-0.25, -0.2) is 13.2 Å². The van der Waals surface area contributed by atoms with Crippen LogP contribution in [0.2, 0.25) is 0 Å². The van der Waals surface area contributed by atoms with Crippen molar-refractivity contribution in [1.82, 2.24) is 10.2 Å². The number of thioether (sulfide) groups is 1. The number of methoxy groups -OCH3 is 1. The van der Waals surface area contributed by atoms with Crippen LogP contribution in [-0.4, -0.2) is 37.4 Å². The van der Waals surface area contributed by atoms with Crippen LogP contribution in [0.3, 0.4) is 0 Å². The number of sulfonamides is 1. The van der Waals surface area contributed by atoms with Crippen LogP contribution >= 0.6 is 23.1 Å². The second-order valence-corrected chi connectivity index (χ2v) is 8.57. The van der Waals surface area contributed by atoms with Gasteiger partial charge in [-0.05, 0) is 23.4 Å². The minimum atomic E-state index is -3.60. The number of hydrogen-bond acceptors (Lipinski definition) is 8. The molecule has 1 heterocycles. The molecule has 0 radical (unpaired) electrons. The molecule has 23 heavy (non-hydrogen) atoms. The minimum absolute atomic E-state index is 0.218. The molecule has 2 rings (SSSR count). The monoisotopic (exact) mass is 373 g/mol. The molecule has 0 saturated heterocycles. The summed E-state index contributed by atoms with van der Waals surface area (Å²) in [5, 5.41) is 7.94. The highest BCUT2D eigenvalue weighted by molar-refractivity contribution is 8.01. The third-order valence-corrected chi connectivity index (χ3v) is 5.85. The highest BCUT2D eigenvalue weighted by atomic mass is 32.2. The smallest absolute Gasteiger partial charge is 0.337 e. The first-order valence-corrected chi connectivity index (χ1v) is 10.0. The third-order valence-electron chi connectivity index (χ3n) is 2.65. The molecular weight excluding hydrogens is 358 g/mol. The Morgan fingerprint density at radius 3 is 2.61 bits per heavy atom. The van der Waals surface area contributed by atoms with Crippen LogP contribution in [0, 0.1) is 0 Å². The van der Waals surface area contributed by atoms with Crippen LogP contribution in [0.25, 0.3) is 0 Å².